The van der Waals surface area contributed by atoms with Crippen LogP contribution >= 0.6 is 0 Å². The Morgan fingerprint density at radius 1 is 1.08 bits per heavy atom. The van der Waals surface area contributed by atoms with E-state index in [-0.39, 0.29) is 5.91 Å². The zero-order valence-corrected chi connectivity index (χ0v) is 13.4. The van der Waals surface area contributed by atoms with Crippen molar-refractivity contribution in [3.63, 3.8) is 0 Å². The molecular formula is C20H16N4O. The van der Waals surface area contributed by atoms with Crippen LogP contribution in [0.15, 0.2) is 73.3 Å². The van der Waals surface area contributed by atoms with Gasteiger partial charge in [0, 0.05) is 53.4 Å². The van der Waals surface area contributed by atoms with Crippen molar-refractivity contribution in [2.45, 2.75) is 6.54 Å². The predicted octanol–water partition coefficient (Wildman–Crippen LogP) is 3.55. The molecule has 0 radical (unpaired) electrons. The van der Waals surface area contributed by atoms with E-state index < -0.39 is 0 Å². The van der Waals surface area contributed by atoms with E-state index in [2.05, 4.69) is 20.3 Å². The Balaban J connectivity index is 1.48. The van der Waals surface area contributed by atoms with Crippen LogP contribution in [-0.2, 0) is 6.54 Å². The number of nitrogens with zero attached hydrogens (tertiary/aromatic N) is 2. The van der Waals surface area contributed by atoms with Crippen molar-refractivity contribution >= 4 is 16.8 Å². The summed E-state index contributed by atoms with van der Waals surface area (Å²) in [6.45, 7) is 0.444. The van der Waals surface area contributed by atoms with Crippen molar-refractivity contribution in [2.75, 3.05) is 0 Å². The Morgan fingerprint density at radius 3 is 2.92 bits per heavy atom. The first kappa shape index (κ1) is 15.1. The number of hydrogen-bond acceptors (Lipinski definition) is 3. The molecule has 0 saturated carbocycles. The molecule has 1 amide bonds. The average Bonchev–Trinajstić information content (AvgIpc) is 3.15. The van der Waals surface area contributed by atoms with Crippen molar-refractivity contribution < 1.29 is 4.79 Å². The maximum Gasteiger partial charge on any atom is 0.251 e. The molecule has 0 aliphatic rings. The highest BCUT2D eigenvalue weighted by atomic mass is 16.1. The van der Waals surface area contributed by atoms with Crippen LogP contribution in [0, 0.1) is 0 Å². The Hall–Kier alpha value is -3.47. The summed E-state index contributed by atoms with van der Waals surface area (Å²) < 4.78 is 0. The summed E-state index contributed by atoms with van der Waals surface area (Å²) in [6.07, 6.45) is 7.12. The number of H-pyrrole nitrogens is 1. The second-order valence-corrected chi connectivity index (χ2v) is 5.75. The number of carbonyl (C=O) groups is 1. The van der Waals surface area contributed by atoms with Crippen LogP contribution in [0.2, 0.25) is 0 Å². The molecule has 0 fully saturated rings. The van der Waals surface area contributed by atoms with Gasteiger partial charge in [-0.2, -0.15) is 0 Å². The van der Waals surface area contributed by atoms with Crippen LogP contribution in [0.4, 0.5) is 0 Å². The van der Waals surface area contributed by atoms with Crippen LogP contribution in [0.3, 0.4) is 0 Å². The average molecular weight is 328 g/mol. The van der Waals surface area contributed by atoms with Gasteiger partial charge < -0.3 is 10.3 Å². The lowest BCUT2D eigenvalue weighted by atomic mass is 10.1. The molecule has 2 N–H and O–H groups in total. The standard InChI is InChI=1S/C20H16N4O/c25-20(16-3-4-18-15(11-16)6-9-22-18)24-12-14-5-8-23-19(10-14)17-2-1-7-21-13-17/h1-11,13,22H,12H2,(H,24,25). The monoisotopic (exact) mass is 328 g/mol. The lowest BCUT2D eigenvalue weighted by molar-refractivity contribution is 0.0951. The Bertz CT molecular complexity index is 1020. The van der Waals surface area contributed by atoms with Gasteiger partial charge in [0.1, 0.15) is 0 Å². The Morgan fingerprint density at radius 2 is 2.04 bits per heavy atom. The van der Waals surface area contributed by atoms with Crippen LogP contribution in [0.25, 0.3) is 22.2 Å². The first-order valence-corrected chi connectivity index (χ1v) is 8.00. The molecular weight excluding hydrogens is 312 g/mol. The van der Waals surface area contributed by atoms with E-state index in [0.717, 1.165) is 27.7 Å². The van der Waals surface area contributed by atoms with Gasteiger partial charge in [0.15, 0.2) is 0 Å². The molecule has 122 valence electrons. The third-order valence-corrected chi connectivity index (χ3v) is 4.05. The second-order valence-electron chi connectivity index (χ2n) is 5.75. The van der Waals surface area contributed by atoms with E-state index in [1.807, 2.05) is 54.7 Å². The fourth-order valence-electron chi connectivity index (χ4n) is 2.74. The quantitative estimate of drug-likeness (QED) is 0.602. The van der Waals surface area contributed by atoms with Gasteiger partial charge in [0.25, 0.3) is 5.91 Å². The lowest BCUT2D eigenvalue weighted by Gasteiger charge is -2.07. The highest BCUT2D eigenvalue weighted by molar-refractivity contribution is 5.98. The van der Waals surface area contributed by atoms with Crippen molar-refractivity contribution in [3.8, 4) is 11.3 Å². The summed E-state index contributed by atoms with van der Waals surface area (Å²) in [5, 5.41) is 3.98. The molecule has 0 aliphatic heterocycles. The molecule has 5 nitrogen and oxygen atoms in total. The van der Waals surface area contributed by atoms with E-state index in [0.29, 0.717) is 12.1 Å². The summed E-state index contributed by atoms with van der Waals surface area (Å²) in [5.74, 6) is -0.0946. The number of benzene rings is 1. The number of hydrogen-bond donors (Lipinski definition) is 2. The van der Waals surface area contributed by atoms with Crippen LogP contribution in [0.1, 0.15) is 15.9 Å². The maximum atomic E-state index is 12.4. The van der Waals surface area contributed by atoms with E-state index in [1.54, 1.807) is 18.6 Å². The number of aromatic amines is 1. The fourth-order valence-corrected chi connectivity index (χ4v) is 2.74. The first-order valence-electron chi connectivity index (χ1n) is 8.00. The van der Waals surface area contributed by atoms with E-state index in [1.165, 1.54) is 0 Å². The molecule has 1 aromatic carbocycles. The molecule has 4 aromatic rings. The van der Waals surface area contributed by atoms with E-state index >= 15 is 0 Å². The van der Waals surface area contributed by atoms with Gasteiger partial charge in [-0.3, -0.25) is 14.8 Å². The molecule has 0 aliphatic carbocycles. The SMILES string of the molecule is O=C(NCc1ccnc(-c2cccnc2)c1)c1ccc2[nH]ccc2c1. The molecule has 0 saturated heterocycles. The topological polar surface area (TPSA) is 70.7 Å². The summed E-state index contributed by atoms with van der Waals surface area (Å²) >= 11 is 0. The minimum Gasteiger partial charge on any atom is -0.361 e. The first-order chi connectivity index (χ1) is 12.3. The molecule has 3 aromatic heterocycles. The highest BCUT2D eigenvalue weighted by Gasteiger charge is 2.07. The van der Waals surface area contributed by atoms with Crippen molar-refractivity contribution in [2.24, 2.45) is 0 Å². The number of pyridine rings is 2. The Labute approximate surface area is 144 Å². The summed E-state index contributed by atoms with van der Waals surface area (Å²) in [4.78, 5) is 24.0. The van der Waals surface area contributed by atoms with Crippen molar-refractivity contribution in [3.05, 3.63) is 84.4 Å². The van der Waals surface area contributed by atoms with Gasteiger partial charge >= 0.3 is 0 Å². The molecule has 0 atom stereocenters. The van der Waals surface area contributed by atoms with Crippen LogP contribution in [-0.4, -0.2) is 20.9 Å². The maximum absolute atomic E-state index is 12.4. The number of nitrogens with one attached hydrogen (secondary N) is 2. The van der Waals surface area contributed by atoms with Gasteiger partial charge in [-0.1, -0.05) is 0 Å². The summed E-state index contributed by atoms with van der Waals surface area (Å²) in [7, 11) is 0. The minimum atomic E-state index is -0.0946. The molecule has 0 unspecified atom stereocenters. The molecule has 0 bridgehead atoms. The molecule has 4 rings (SSSR count). The van der Waals surface area contributed by atoms with Crippen LogP contribution < -0.4 is 5.32 Å². The number of rotatable bonds is 4. The van der Waals surface area contributed by atoms with Crippen molar-refractivity contribution in [1.82, 2.24) is 20.3 Å². The van der Waals surface area contributed by atoms with Gasteiger partial charge in [0.05, 0.1) is 5.69 Å². The van der Waals surface area contributed by atoms with E-state index in [9.17, 15) is 4.79 Å². The zero-order chi connectivity index (χ0) is 17.1. The number of fused-ring (bicyclic) bond motifs is 1. The molecule has 3 heterocycles. The minimum absolute atomic E-state index is 0.0946. The number of carbonyl (C=O) groups excluding carboxylic acids is 1. The second kappa shape index (κ2) is 6.57. The largest absolute Gasteiger partial charge is 0.361 e. The zero-order valence-electron chi connectivity index (χ0n) is 13.4. The van der Waals surface area contributed by atoms with Crippen LogP contribution in [0.5, 0.6) is 0 Å². The summed E-state index contributed by atoms with van der Waals surface area (Å²) in [5.41, 5.74) is 4.45. The van der Waals surface area contributed by atoms with Gasteiger partial charge in [0.2, 0.25) is 0 Å². The fraction of sp³-hybridized carbons (Fsp3) is 0.0500. The van der Waals surface area contributed by atoms with Gasteiger partial charge in [-0.15, -0.1) is 0 Å². The normalized spacial score (nSPS) is 10.7. The van der Waals surface area contributed by atoms with E-state index in [4.69, 9.17) is 0 Å². The smallest absolute Gasteiger partial charge is 0.251 e. The van der Waals surface area contributed by atoms with Gasteiger partial charge in [-0.05, 0) is 54.1 Å². The molecule has 25 heavy (non-hydrogen) atoms. The summed E-state index contributed by atoms with van der Waals surface area (Å²) in [6, 6.07) is 15.3. The van der Waals surface area contributed by atoms with Gasteiger partial charge in [-0.25, -0.2) is 0 Å². The third kappa shape index (κ3) is 3.26. The predicted molar refractivity (Wildman–Crippen MR) is 96.9 cm³/mol. The Kier molecular flexibility index (Phi) is 3.96. The molecule has 5 heteroatoms. The van der Waals surface area contributed by atoms with Crippen molar-refractivity contribution in [1.29, 1.82) is 0 Å². The third-order valence-electron chi connectivity index (χ3n) is 4.05. The number of aromatic nitrogens is 3. The highest BCUT2D eigenvalue weighted by Crippen LogP contribution is 2.17. The lowest BCUT2D eigenvalue weighted by Crippen LogP contribution is -2.22. The number of amides is 1. The molecule has 0 spiro atoms.